The molecule has 0 aromatic heterocycles. The SMILES string of the molecule is COc1cccc(N2C[C@@H](SC)[C@@H](N(C)C)C2)c1[N+](=O)[O-]. The number of ether oxygens (including phenoxy) is 1. The van der Waals surface area contributed by atoms with Crippen molar-refractivity contribution >= 4 is 23.1 Å². The molecule has 1 aromatic rings. The van der Waals surface area contributed by atoms with Gasteiger partial charge in [0.05, 0.1) is 12.0 Å². The first-order valence-corrected chi connectivity index (χ1v) is 8.04. The van der Waals surface area contributed by atoms with E-state index in [9.17, 15) is 10.1 Å². The van der Waals surface area contributed by atoms with Crippen LogP contribution in [0.5, 0.6) is 5.75 Å². The zero-order valence-corrected chi connectivity index (χ0v) is 13.6. The van der Waals surface area contributed by atoms with Gasteiger partial charge in [0.1, 0.15) is 5.69 Å². The summed E-state index contributed by atoms with van der Waals surface area (Å²) in [6.07, 6.45) is 2.09. The van der Waals surface area contributed by atoms with Gasteiger partial charge in [-0.3, -0.25) is 10.1 Å². The molecule has 0 unspecified atom stereocenters. The lowest BCUT2D eigenvalue weighted by molar-refractivity contribution is -0.385. The van der Waals surface area contributed by atoms with Gasteiger partial charge in [-0.1, -0.05) is 6.07 Å². The fourth-order valence-corrected chi connectivity index (χ4v) is 3.77. The van der Waals surface area contributed by atoms with Crippen LogP contribution >= 0.6 is 11.8 Å². The summed E-state index contributed by atoms with van der Waals surface area (Å²) in [7, 11) is 5.57. The van der Waals surface area contributed by atoms with Gasteiger partial charge in [-0.25, -0.2) is 0 Å². The number of rotatable bonds is 5. The van der Waals surface area contributed by atoms with Gasteiger partial charge in [-0.15, -0.1) is 0 Å². The molecule has 0 radical (unpaired) electrons. The molecule has 0 amide bonds. The van der Waals surface area contributed by atoms with E-state index < -0.39 is 0 Å². The van der Waals surface area contributed by atoms with E-state index in [0.29, 0.717) is 22.7 Å². The predicted octanol–water partition coefficient (Wildman–Crippen LogP) is 2.09. The van der Waals surface area contributed by atoms with Crippen LogP contribution in [0.3, 0.4) is 0 Å². The van der Waals surface area contributed by atoms with Crippen LogP contribution in [0.15, 0.2) is 18.2 Å². The van der Waals surface area contributed by atoms with Crippen LogP contribution in [0, 0.1) is 10.1 Å². The molecule has 0 N–H and O–H groups in total. The van der Waals surface area contributed by atoms with Gasteiger partial charge in [-0.2, -0.15) is 11.8 Å². The van der Waals surface area contributed by atoms with Crippen molar-refractivity contribution < 1.29 is 9.66 Å². The Bertz CT molecular complexity index is 524. The second-order valence-corrected chi connectivity index (χ2v) is 6.37. The molecule has 2 rings (SSSR count). The molecule has 21 heavy (non-hydrogen) atoms. The molecule has 0 spiro atoms. The average molecular weight is 311 g/mol. The number of nitro benzene ring substituents is 1. The number of nitrogens with zero attached hydrogens (tertiary/aromatic N) is 3. The number of hydrogen-bond acceptors (Lipinski definition) is 6. The van der Waals surface area contributed by atoms with Gasteiger partial charge < -0.3 is 14.5 Å². The number of nitro groups is 1. The van der Waals surface area contributed by atoms with Gasteiger partial charge in [0, 0.05) is 24.4 Å². The largest absolute Gasteiger partial charge is 0.490 e. The zero-order chi connectivity index (χ0) is 15.6. The third-order valence-corrected chi connectivity index (χ3v) is 4.99. The Kier molecular flexibility index (Phi) is 4.95. The van der Waals surface area contributed by atoms with E-state index in [4.69, 9.17) is 4.74 Å². The van der Waals surface area contributed by atoms with Crippen LogP contribution in [0.2, 0.25) is 0 Å². The molecule has 1 fully saturated rings. The monoisotopic (exact) mass is 311 g/mol. The average Bonchev–Trinajstić information content (AvgIpc) is 2.90. The van der Waals surface area contributed by atoms with Crippen molar-refractivity contribution in [2.45, 2.75) is 11.3 Å². The van der Waals surface area contributed by atoms with Crippen LogP contribution in [0.25, 0.3) is 0 Å². The van der Waals surface area contributed by atoms with Gasteiger partial charge in [0.2, 0.25) is 0 Å². The predicted molar refractivity (Wildman–Crippen MR) is 86.6 cm³/mol. The Labute approximate surface area is 129 Å². The number of anilines is 1. The van der Waals surface area contributed by atoms with Crippen LogP contribution in [-0.2, 0) is 0 Å². The third kappa shape index (κ3) is 3.08. The summed E-state index contributed by atoms with van der Waals surface area (Å²) < 4.78 is 5.15. The van der Waals surface area contributed by atoms with Crippen molar-refractivity contribution in [3.63, 3.8) is 0 Å². The highest BCUT2D eigenvalue weighted by Crippen LogP contribution is 2.39. The number of thioether (sulfide) groups is 1. The lowest BCUT2D eigenvalue weighted by atomic mass is 10.2. The van der Waals surface area contributed by atoms with E-state index >= 15 is 0 Å². The van der Waals surface area contributed by atoms with Crippen LogP contribution in [0.1, 0.15) is 0 Å². The Morgan fingerprint density at radius 3 is 2.62 bits per heavy atom. The van der Waals surface area contributed by atoms with Crippen molar-refractivity contribution in [1.82, 2.24) is 4.90 Å². The van der Waals surface area contributed by atoms with E-state index in [1.807, 2.05) is 11.8 Å². The lowest BCUT2D eigenvalue weighted by Gasteiger charge is -2.23. The highest BCUT2D eigenvalue weighted by Gasteiger charge is 2.37. The Morgan fingerprint density at radius 1 is 1.43 bits per heavy atom. The van der Waals surface area contributed by atoms with Crippen molar-refractivity contribution in [3.8, 4) is 5.75 Å². The maximum Gasteiger partial charge on any atom is 0.333 e. The van der Waals surface area contributed by atoms with Crippen molar-refractivity contribution in [2.75, 3.05) is 45.5 Å². The maximum atomic E-state index is 11.4. The first-order valence-electron chi connectivity index (χ1n) is 6.75. The topological polar surface area (TPSA) is 58.8 Å². The second kappa shape index (κ2) is 6.53. The minimum absolute atomic E-state index is 0.0549. The smallest absolute Gasteiger partial charge is 0.333 e. The van der Waals surface area contributed by atoms with Crippen molar-refractivity contribution in [1.29, 1.82) is 0 Å². The lowest BCUT2D eigenvalue weighted by Crippen LogP contribution is -2.36. The molecular weight excluding hydrogens is 290 g/mol. The standard InChI is InChI=1S/C14H21N3O3S/c1-15(2)11-8-16(9-13(11)21-4)10-6-5-7-12(20-3)14(10)17(18)19/h5-7,11,13H,8-9H2,1-4H3/t11-,13+/m0/s1. The number of benzene rings is 1. The summed E-state index contributed by atoms with van der Waals surface area (Å²) in [5.74, 6) is 0.312. The summed E-state index contributed by atoms with van der Waals surface area (Å²) in [5, 5.41) is 11.8. The molecule has 1 saturated heterocycles. The van der Waals surface area contributed by atoms with Crippen molar-refractivity contribution in [3.05, 3.63) is 28.3 Å². The molecule has 0 saturated carbocycles. The van der Waals surface area contributed by atoms with Crippen molar-refractivity contribution in [2.24, 2.45) is 0 Å². The first kappa shape index (κ1) is 15.9. The molecule has 7 heteroatoms. The Morgan fingerprint density at radius 2 is 2.14 bits per heavy atom. The molecule has 2 atom stereocenters. The fraction of sp³-hybridized carbons (Fsp3) is 0.571. The summed E-state index contributed by atoms with van der Waals surface area (Å²) >= 11 is 1.81. The Hall–Kier alpha value is -1.47. The molecule has 0 aliphatic carbocycles. The van der Waals surface area contributed by atoms with Gasteiger partial charge in [-0.05, 0) is 32.5 Å². The van der Waals surface area contributed by atoms with E-state index in [1.54, 1.807) is 18.2 Å². The number of methoxy groups -OCH3 is 1. The molecule has 116 valence electrons. The highest BCUT2D eigenvalue weighted by molar-refractivity contribution is 7.99. The second-order valence-electron chi connectivity index (χ2n) is 5.30. The zero-order valence-electron chi connectivity index (χ0n) is 12.8. The van der Waals surface area contributed by atoms with E-state index in [1.165, 1.54) is 7.11 Å². The van der Waals surface area contributed by atoms with Crippen LogP contribution < -0.4 is 9.64 Å². The summed E-state index contributed by atoms with van der Waals surface area (Å²) in [6, 6.07) is 5.62. The van der Waals surface area contributed by atoms with Gasteiger partial charge in [0.15, 0.2) is 5.75 Å². The van der Waals surface area contributed by atoms with E-state index in [0.717, 1.165) is 13.1 Å². The number of para-hydroxylation sites is 1. The maximum absolute atomic E-state index is 11.4. The number of hydrogen-bond donors (Lipinski definition) is 0. The summed E-state index contributed by atoms with van der Waals surface area (Å²) in [4.78, 5) is 15.3. The highest BCUT2D eigenvalue weighted by atomic mass is 32.2. The Balaban J connectivity index is 2.37. The van der Waals surface area contributed by atoms with Gasteiger partial charge >= 0.3 is 5.69 Å². The molecule has 1 aromatic carbocycles. The molecule has 0 bridgehead atoms. The normalized spacial score (nSPS) is 21.9. The molecular formula is C14H21N3O3S. The quantitative estimate of drug-likeness (QED) is 0.613. The van der Waals surface area contributed by atoms with Gasteiger partial charge in [0.25, 0.3) is 0 Å². The van der Waals surface area contributed by atoms with E-state index in [-0.39, 0.29) is 10.6 Å². The number of likely N-dealkylation sites (N-methyl/N-ethyl adjacent to an activating group) is 1. The molecule has 1 aliphatic rings. The minimum Gasteiger partial charge on any atom is -0.490 e. The first-order chi connectivity index (χ1) is 9.99. The molecule has 6 nitrogen and oxygen atoms in total. The summed E-state index contributed by atoms with van der Waals surface area (Å²) in [5.41, 5.74) is 0.696. The molecule has 1 heterocycles. The van der Waals surface area contributed by atoms with Crippen LogP contribution in [0.4, 0.5) is 11.4 Å². The van der Waals surface area contributed by atoms with E-state index in [2.05, 4.69) is 30.2 Å². The fourth-order valence-electron chi connectivity index (χ4n) is 2.80. The minimum atomic E-state index is -0.356. The molecule has 1 aliphatic heterocycles. The van der Waals surface area contributed by atoms with Crippen LogP contribution in [-0.4, -0.2) is 61.7 Å². The third-order valence-electron chi connectivity index (χ3n) is 3.92. The summed E-state index contributed by atoms with van der Waals surface area (Å²) in [6.45, 7) is 1.59.